The molecular formula is C14H21N5O2S. The summed E-state index contributed by atoms with van der Waals surface area (Å²) in [6.45, 7) is 4.64. The molecule has 22 heavy (non-hydrogen) atoms. The van der Waals surface area contributed by atoms with Gasteiger partial charge in [-0.1, -0.05) is 0 Å². The van der Waals surface area contributed by atoms with Gasteiger partial charge in [0.2, 0.25) is 0 Å². The molecule has 2 aliphatic rings. The van der Waals surface area contributed by atoms with Gasteiger partial charge in [-0.15, -0.1) is 11.3 Å². The van der Waals surface area contributed by atoms with Crippen LogP contribution >= 0.6 is 11.3 Å². The Labute approximate surface area is 133 Å². The van der Waals surface area contributed by atoms with Crippen molar-refractivity contribution < 1.29 is 9.59 Å². The molecule has 0 aromatic carbocycles. The number of thiazole rings is 1. The summed E-state index contributed by atoms with van der Waals surface area (Å²) in [7, 11) is 4.08. The Morgan fingerprint density at radius 2 is 1.82 bits per heavy atom. The Hall–Kier alpha value is -1.51. The first-order valence-electron chi connectivity index (χ1n) is 7.49. The highest BCUT2D eigenvalue weighted by atomic mass is 32.1. The maximum absolute atomic E-state index is 12.2. The average molecular weight is 323 g/mol. The summed E-state index contributed by atoms with van der Waals surface area (Å²) in [5.41, 5.74) is 1.05. The largest absolute Gasteiger partial charge is 0.332 e. The first-order valence-corrected chi connectivity index (χ1v) is 8.30. The molecule has 0 radical (unpaired) electrons. The molecule has 0 saturated carbocycles. The van der Waals surface area contributed by atoms with Crippen LogP contribution in [0.2, 0.25) is 0 Å². The first-order chi connectivity index (χ1) is 10.5. The lowest BCUT2D eigenvalue weighted by molar-refractivity contribution is -0.144. The van der Waals surface area contributed by atoms with E-state index in [0.717, 1.165) is 38.3 Å². The Morgan fingerprint density at radius 1 is 1.09 bits per heavy atom. The molecule has 7 nitrogen and oxygen atoms in total. The van der Waals surface area contributed by atoms with Crippen LogP contribution in [-0.2, 0) is 22.6 Å². The van der Waals surface area contributed by atoms with E-state index >= 15 is 0 Å². The molecule has 1 N–H and O–H groups in total. The topological polar surface area (TPSA) is 68.8 Å². The molecule has 1 saturated heterocycles. The van der Waals surface area contributed by atoms with Gasteiger partial charge < -0.3 is 14.7 Å². The van der Waals surface area contributed by atoms with Gasteiger partial charge in [0.15, 0.2) is 5.13 Å². The first kappa shape index (κ1) is 15.4. The summed E-state index contributed by atoms with van der Waals surface area (Å²) in [6, 6.07) is 0. The van der Waals surface area contributed by atoms with Crippen LogP contribution in [0, 0.1) is 0 Å². The van der Waals surface area contributed by atoms with Crippen molar-refractivity contribution in [3.63, 3.8) is 0 Å². The minimum Gasteiger partial charge on any atom is -0.332 e. The third-order valence-electron chi connectivity index (χ3n) is 4.13. The van der Waals surface area contributed by atoms with Crippen molar-refractivity contribution in [1.82, 2.24) is 19.7 Å². The highest BCUT2D eigenvalue weighted by Crippen LogP contribution is 2.27. The Bertz CT molecular complexity index is 580. The smallest absolute Gasteiger partial charge is 0.315 e. The summed E-state index contributed by atoms with van der Waals surface area (Å²) in [5.74, 6) is -1.04. The second-order valence-corrected chi connectivity index (χ2v) is 7.01. The molecule has 2 aliphatic heterocycles. The van der Waals surface area contributed by atoms with E-state index in [2.05, 4.69) is 27.1 Å². The van der Waals surface area contributed by atoms with Crippen molar-refractivity contribution in [2.75, 3.05) is 52.1 Å². The van der Waals surface area contributed by atoms with Crippen molar-refractivity contribution in [2.24, 2.45) is 0 Å². The molecule has 0 atom stereocenters. The van der Waals surface area contributed by atoms with E-state index in [0.29, 0.717) is 18.2 Å². The van der Waals surface area contributed by atoms with Crippen molar-refractivity contribution in [3.8, 4) is 0 Å². The Balaban J connectivity index is 1.61. The van der Waals surface area contributed by atoms with E-state index < -0.39 is 11.8 Å². The minimum atomic E-state index is -0.580. The molecule has 3 rings (SSSR count). The quantitative estimate of drug-likeness (QED) is 0.728. The predicted molar refractivity (Wildman–Crippen MR) is 84.9 cm³/mol. The molecule has 1 fully saturated rings. The highest BCUT2D eigenvalue weighted by Gasteiger charge is 2.26. The molecule has 1 aromatic heterocycles. The lowest BCUT2D eigenvalue weighted by Gasteiger charge is -2.31. The zero-order valence-electron chi connectivity index (χ0n) is 13.0. The van der Waals surface area contributed by atoms with Gasteiger partial charge in [-0.25, -0.2) is 4.98 Å². The molecule has 0 unspecified atom stereocenters. The third kappa shape index (κ3) is 3.29. The van der Waals surface area contributed by atoms with E-state index in [1.807, 2.05) is 7.05 Å². The second-order valence-electron chi connectivity index (χ2n) is 5.93. The molecule has 0 bridgehead atoms. The van der Waals surface area contributed by atoms with Crippen LogP contribution in [-0.4, -0.2) is 78.3 Å². The zero-order valence-corrected chi connectivity index (χ0v) is 13.8. The average Bonchev–Trinajstić information content (AvgIpc) is 2.88. The molecular weight excluding hydrogens is 302 g/mol. The number of amides is 2. The zero-order chi connectivity index (χ0) is 15.7. The van der Waals surface area contributed by atoms with Crippen molar-refractivity contribution in [2.45, 2.75) is 13.0 Å². The van der Waals surface area contributed by atoms with E-state index in [1.165, 1.54) is 16.2 Å². The monoisotopic (exact) mass is 323 g/mol. The molecule has 0 aliphatic carbocycles. The van der Waals surface area contributed by atoms with Gasteiger partial charge in [-0.05, 0) is 14.1 Å². The molecule has 8 heteroatoms. The molecule has 1 aromatic rings. The molecule has 0 spiro atoms. The van der Waals surface area contributed by atoms with E-state index in [1.54, 1.807) is 4.90 Å². The fourth-order valence-corrected chi connectivity index (χ4v) is 3.76. The number of rotatable bonds is 1. The van der Waals surface area contributed by atoms with Crippen LogP contribution in [0.15, 0.2) is 0 Å². The Morgan fingerprint density at radius 3 is 2.55 bits per heavy atom. The number of hydrogen-bond acceptors (Lipinski definition) is 6. The fourth-order valence-electron chi connectivity index (χ4n) is 2.68. The number of hydrogen-bond donors (Lipinski definition) is 1. The lowest BCUT2D eigenvalue weighted by atomic mass is 10.2. The van der Waals surface area contributed by atoms with Crippen molar-refractivity contribution >= 4 is 28.3 Å². The normalized spacial score (nSPS) is 19.8. The maximum atomic E-state index is 12.2. The lowest BCUT2D eigenvalue weighted by Crippen LogP contribution is -2.50. The minimum absolute atomic E-state index is 0.460. The standard InChI is InChI=1S/C14H21N5O2S/c1-17-5-7-19(8-6-17)13(21)12(20)16-14-15-10-3-4-18(2)9-11(10)22-14/h3-9H2,1-2H3,(H,15,16,20). The van der Waals surface area contributed by atoms with E-state index in [9.17, 15) is 9.59 Å². The number of anilines is 1. The summed E-state index contributed by atoms with van der Waals surface area (Å²) in [6.07, 6.45) is 0.893. The van der Waals surface area contributed by atoms with Crippen molar-refractivity contribution in [1.29, 1.82) is 0 Å². The second kappa shape index (κ2) is 6.31. The number of piperazine rings is 1. The third-order valence-corrected chi connectivity index (χ3v) is 5.13. The SMILES string of the molecule is CN1CCN(C(=O)C(=O)Nc2nc3c(s2)CN(C)CC3)CC1. The summed E-state index contributed by atoms with van der Waals surface area (Å²) >= 11 is 1.47. The Kier molecular flexibility index (Phi) is 4.42. The number of nitrogens with zero attached hydrogens (tertiary/aromatic N) is 4. The van der Waals surface area contributed by atoms with E-state index in [-0.39, 0.29) is 0 Å². The fraction of sp³-hybridized carbons (Fsp3) is 0.643. The van der Waals surface area contributed by atoms with Gasteiger partial charge in [0.05, 0.1) is 5.69 Å². The van der Waals surface area contributed by atoms with Crippen LogP contribution < -0.4 is 5.32 Å². The van der Waals surface area contributed by atoms with Crippen LogP contribution in [0.4, 0.5) is 5.13 Å². The van der Waals surface area contributed by atoms with Gasteiger partial charge in [-0.3, -0.25) is 14.9 Å². The van der Waals surface area contributed by atoms with Crippen molar-refractivity contribution in [3.05, 3.63) is 10.6 Å². The summed E-state index contributed by atoms with van der Waals surface area (Å²) in [5, 5.41) is 3.20. The van der Waals surface area contributed by atoms with Crippen LogP contribution in [0.25, 0.3) is 0 Å². The van der Waals surface area contributed by atoms with Gasteiger partial charge >= 0.3 is 11.8 Å². The van der Waals surface area contributed by atoms with Gasteiger partial charge in [0, 0.05) is 50.6 Å². The molecule has 120 valence electrons. The van der Waals surface area contributed by atoms with Gasteiger partial charge in [0.25, 0.3) is 0 Å². The van der Waals surface area contributed by atoms with E-state index in [4.69, 9.17) is 0 Å². The van der Waals surface area contributed by atoms with Crippen LogP contribution in [0.1, 0.15) is 10.6 Å². The highest BCUT2D eigenvalue weighted by molar-refractivity contribution is 7.16. The molecule has 3 heterocycles. The number of likely N-dealkylation sites (N-methyl/N-ethyl adjacent to an activating group) is 2. The maximum Gasteiger partial charge on any atom is 0.315 e. The number of nitrogens with one attached hydrogen (secondary N) is 1. The van der Waals surface area contributed by atoms with Gasteiger partial charge in [-0.2, -0.15) is 0 Å². The number of aromatic nitrogens is 1. The summed E-state index contributed by atoms with van der Waals surface area (Å²) in [4.78, 5) is 35.9. The van der Waals surface area contributed by atoms with Crippen LogP contribution in [0.5, 0.6) is 0 Å². The number of carbonyl (C=O) groups is 2. The number of fused-ring (bicyclic) bond motifs is 1. The summed E-state index contributed by atoms with van der Waals surface area (Å²) < 4.78 is 0. The van der Waals surface area contributed by atoms with Gasteiger partial charge in [0.1, 0.15) is 0 Å². The van der Waals surface area contributed by atoms with Crippen LogP contribution in [0.3, 0.4) is 0 Å². The number of carbonyl (C=O) groups excluding carboxylic acids is 2. The predicted octanol–water partition coefficient (Wildman–Crippen LogP) is -0.156. The molecule has 2 amide bonds.